The second kappa shape index (κ2) is 9.78. The molecule has 0 bridgehead atoms. The van der Waals surface area contributed by atoms with Gasteiger partial charge in [0, 0.05) is 12.0 Å². The monoisotopic (exact) mass is 450 g/mol. The molecular formula is C25H26N2O4S. The SMILES string of the molecule is CCC(=O)NS(=O)(=O)c1ccc(C(=O)NC(c2ccc(C)cc2)c2ccc(C)cc2)cc1. The van der Waals surface area contributed by atoms with Crippen molar-refractivity contribution in [1.82, 2.24) is 10.0 Å². The number of hydrogen-bond acceptors (Lipinski definition) is 4. The summed E-state index contributed by atoms with van der Waals surface area (Å²) in [7, 11) is -3.96. The molecule has 0 heterocycles. The molecule has 6 nitrogen and oxygen atoms in total. The number of hydrogen-bond donors (Lipinski definition) is 2. The van der Waals surface area contributed by atoms with Gasteiger partial charge in [-0.1, -0.05) is 66.6 Å². The molecular weight excluding hydrogens is 424 g/mol. The first-order valence-electron chi connectivity index (χ1n) is 10.3. The minimum absolute atomic E-state index is 0.0547. The molecule has 0 saturated heterocycles. The Labute approximate surface area is 188 Å². The second-order valence-corrected chi connectivity index (χ2v) is 9.32. The van der Waals surface area contributed by atoms with E-state index in [2.05, 4.69) is 5.32 Å². The molecule has 0 atom stereocenters. The van der Waals surface area contributed by atoms with Gasteiger partial charge in [0.25, 0.3) is 15.9 Å². The van der Waals surface area contributed by atoms with Crippen LogP contribution in [0.1, 0.15) is 52.0 Å². The van der Waals surface area contributed by atoms with E-state index in [-0.39, 0.29) is 23.3 Å². The van der Waals surface area contributed by atoms with Gasteiger partial charge in [-0.15, -0.1) is 0 Å². The molecule has 0 aliphatic heterocycles. The predicted molar refractivity (Wildman–Crippen MR) is 124 cm³/mol. The van der Waals surface area contributed by atoms with Crippen molar-refractivity contribution in [2.75, 3.05) is 0 Å². The van der Waals surface area contributed by atoms with Crippen LogP contribution in [-0.2, 0) is 14.8 Å². The first kappa shape index (κ1) is 23.2. The summed E-state index contributed by atoms with van der Waals surface area (Å²) < 4.78 is 26.5. The molecule has 0 fully saturated rings. The molecule has 0 radical (unpaired) electrons. The van der Waals surface area contributed by atoms with Gasteiger partial charge in [-0.05, 0) is 49.2 Å². The molecule has 0 aliphatic carbocycles. The lowest BCUT2D eigenvalue weighted by Crippen LogP contribution is -2.30. The quantitative estimate of drug-likeness (QED) is 0.568. The van der Waals surface area contributed by atoms with Crippen molar-refractivity contribution in [3.05, 3.63) is 101 Å². The third-order valence-electron chi connectivity index (χ3n) is 5.09. The van der Waals surface area contributed by atoms with E-state index in [4.69, 9.17) is 0 Å². The molecule has 0 spiro atoms. The van der Waals surface area contributed by atoms with E-state index in [0.29, 0.717) is 5.56 Å². The molecule has 2 N–H and O–H groups in total. The fourth-order valence-corrected chi connectivity index (χ4v) is 4.21. The molecule has 2 amide bonds. The van der Waals surface area contributed by atoms with Crippen molar-refractivity contribution in [1.29, 1.82) is 0 Å². The Morgan fingerprint density at radius 1 is 0.781 bits per heavy atom. The zero-order chi connectivity index (χ0) is 23.3. The van der Waals surface area contributed by atoms with Crippen LogP contribution >= 0.6 is 0 Å². The highest BCUT2D eigenvalue weighted by Crippen LogP contribution is 2.24. The minimum Gasteiger partial charge on any atom is -0.341 e. The van der Waals surface area contributed by atoms with E-state index < -0.39 is 15.9 Å². The third-order valence-corrected chi connectivity index (χ3v) is 6.48. The molecule has 3 aromatic rings. The van der Waals surface area contributed by atoms with Crippen molar-refractivity contribution >= 4 is 21.8 Å². The van der Waals surface area contributed by atoms with Gasteiger partial charge in [0.1, 0.15) is 0 Å². The summed E-state index contributed by atoms with van der Waals surface area (Å²) in [6, 6.07) is 21.0. The van der Waals surface area contributed by atoms with Crippen molar-refractivity contribution < 1.29 is 18.0 Å². The second-order valence-electron chi connectivity index (χ2n) is 7.63. The smallest absolute Gasteiger partial charge is 0.264 e. The summed E-state index contributed by atoms with van der Waals surface area (Å²) in [5.74, 6) is -0.927. The van der Waals surface area contributed by atoms with Crippen molar-refractivity contribution in [3.8, 4) is 0 Å². The van der Waals surface area contributed by atoms with E-state index in [1.54, 1.807) is 6.92 Å². The first-order valence-corrected chi connectivity index (χ1v) is 11.8. The Balaban J connectivity index is 1.85. The van der Waals surface area contributed by atoms with Crippen LogP contribution in [0.2, 0.25) is 0 Å². The van der Waals surface area contributed by atoms with Crippen LogP contribution in [0.25, 0.3) is 0 Å². The summed E-state index contributed by atoms with van der Waals surface area (Å²) in [5.41, 5.74) is 4.43. The lowest BCUT2D eigenvalue weighted by atomic mass is 9.96. The molecule has 3 aromatic carbocycles. The molecule has 0 aliphatic rings. The van der Waals surface area contributed by atoms with E-state index in [0.717, 1.165) is 22.3 Å². The lowest BCUT2D eigenvalue weighted by Gasteiger charge is -2.20. The van der Waals surface area contributed by atoms with Crippen LogP contribution in [0.3, 0.4) is 0 Å². The van der Waals surface area contributed by atoms with Gasteiger partial charge in [-0.3, -0.25) is 9.59 Å². The number of carbonyl (C=O) groups excluding carboxylic acids is 2. The maximum absolute atomic E-state index is 13.0. The van der Waals surface area contributed by atoms with Gasteiger partial charge >= 0.3 is 0 Å². The Morgan fingerprint density at radius 3 is 1.69 bits per heavy atom. The van der Waals surface area contributed by atoms with Gasteiger partial charge in [-0.25, -0.2) is 13.1 Å². The number of nitrogens with one attached hydrogen (secondary N) is 2. The standard InChI is InChI=1S/C25H26N2O4S/c1-4-23(28)27-32(30,31)22-15-13-21(14-16-22)25(29)26-24(19-9-5-17(2)6-10-19)20-11-7-18(3)8-12-20/h5-16,24H,4H2,1-3H3,(H,26,29)(H,27,28). The summed E-state index contributed by atoms with van der Waals surface area (Å²) in [6.45, 7) is 5.57. The highest BCUT2D eigenvalue weighted by atomic mass is 32.2. The number of carbonyl (C=O) groups is 2. The summed E-state index contributed by atoms with van der Waals surface area (Å²) in [5, 5.41) is 3.05. The van der Waals surface area contributed by atoms with Gasteiger partial charge in [-0.2, -0.15) is 0 Å². The molecule has 0 unspecified atom stereocenters. The molecule has 0 saturated carbocycles. The number of benzene rings is 3. The van der Waals surface area contributed by atoms with Crippen LogP contribution in [0.5, 0.6) is 0 Å². The van der Waals surface area contributed by atoms with Crippen LogP contribution in [0, 0.1) is 13.8 Å². The molecule has 7 heteroatoms. The van der Waals surface area contributed by atoms with Crippen LogP contribution in [-0.4, -0.2) is 20.2 Å². The summed E-state index contributed by atoms with van der Waals surface area (Å²) in [4.78, 5) is 24.4. The Bertz CT molecular complexity index is 1150. The van der Waals surface area contributed by atoms with E-state index in [9.17, 15) is 18.0 Å². The number of aryl methyl sites for hydroxylation is 2. The van der Waals surface area contributed by atoms with E-state index >= 15 is 0 Å². The zero-order valence-electron chi connectivity index (χ0n) is 18.3. The van der Waals surface area contributed by atoms with Gasteiger partial charge in [0.05, 0.1) is 10.9 Å². The van der Waals surface area contributed by atoms with Gasteiger partial charge < -0.3 is 5.32 Å². The Kier molecular flexibility index (Phi) is 7.10. The van der Waals surface area contributed by atoms with Crippen molar-refractivity contribution in [3.63, 3.8) is 0 Å². The van der Waals surface area contributed by atoms with E-state index in [1.165, 1.54) is 24.3 Å². The highest BCUT2D eigenvalue weighted by molar-refractivity contribution is 7.90. The Morgan fingerprint density at radius 2 is 1.25 bits per heavy atom. The number of amides is 2. The van der Waals surface area contributed by atoms with Crippen LogP contribution in [0.4, 0.5) is 0 Å². The summed E-state index contributed by atoms with van der Waals surface area (Å²) in [6.07, 6.45) is 0.0547. The minimum atomic E-state index is -3.96. The highest BCUT2D eigenvalue weighted by Gasteiger charge is 2.20. The largest absolute Gasteiger partial charge is 0.341 e. The molecule has 0 aromatic heterocycles. The molecule has 32 heavy (non-hydrogen) atoms. The first-order chi connectivity index (χ1) is 15.2. The number of sulfonamides is 1. The predicted octanol–water partition coefficient (Wildman–Crippen LogP) is 4.04. The Hall–Kier alpha value is -3.45. The average Bonchev–Trinajstić information content (AvgIpc) is 2.78. The van der Waals surface area contributed by atoms with Crippen LogP contribution in [0.15, 0.2) is 77.7 Å². The normalized spacial score (nSPS) is 11.2. The molecule has 166 valence electrons. The molecule has 3 rings (SSSR count). The van der Waals surface area contributed by atoms with Gasteiger partial charge in [0.2, 0.25) is 5.91 Å². The zero-order valence-corrected chi connectivity index (χ0v) is 19.1. The maximum atomic E-state index is 13.0. The van der Waals surface area contributed by atoms with Crippen molar-refractivity contribution in [2.24, 2.45) is 0 Å². The summed E-state index contributed by atoms with van der Waals surface area (Å²) >= 11 is 0. The average molecular weight is 451 g/mol. The fraction of sp³-hybridized carbons (Fsp3) is 0.200. The third kappa shape index (κ3) is 5.62. The lowest BCUT2D eigenvalue weighted by molar-refractivity contribution is -0.119. The fourth-order valence-electron chi connectivity index (χ4n) is 3.16. The number of rotatable bonds is 7. The van der Waals surface area contributed by atoms with Gasteiger partial charge in [0.15, 0.2) is 0 Å². The van der Waals surface area contributed by atoms with Crippen LogP contribution < -0.4 is 10.0 Å². The maximum Gasteiger partial charge on any atom is 0.264 e. The van der Waals surface area contributed by atoms with Crippen molar-refractivity contribution in [2.45, 2.75) is 38.1 Å². The van der Waals surface area contributed by atoms with E-state index in [1.807, 2.05) is 67.1 Å². The topological polar surface area (TPSA) is 92.3 Å².